The second kappa shape index (κ2) is 5.87. The van der Waals surface area contributed by atoms with Gasteiger partial charge in [-0.1, -0.05) is 20.3 Å². The van der Waals surface area contributed by atoms with E-state index < -0.39 is 0 Å². The van der Waals surface area contributed by atoms with Gasteiger partial charge >= 0.3 is 0 Å². The summed E-state index contributed by atoms with van der Waals surface area (Å²) in [5, 5.41) is 0.350. The van der Waals surface area contributed by atoms with E-state index in [-0.39, 0.29) is 0 Å². The number of rotatable bonds is 4. The van der Waals surface area contributed by atoms with Crippen molar-refractivity contribution in [2.45, 2.75) is 57.4 Å². The van der Waals surface area contributed by atoms with Crippen molar-refractivity contribution < 1.29 is 4.74 Å². The lowest BCUT2D eigenvalue weighted by Gasteiger charge is -2.31. The lowest BCUT2D eigenvalue weighted by molar-refractivity contribution is -0.00491. The first kappa shape index (κ1) is 11.3. The van der Waals surface area contributed by atoms with Gasteiger partial charge in [-0.2, -0.15) is 0 Å². The molecule has 3 atom stereocenters. The van der Waals surface area contributed by atoms with Gasteiger partial charge in [0.25, 0.3) is 0 Å². The molecule has 1 fully saturated rings. The van der Waals surface area contributed by atoms with Crippen LogP contribution in [0.4, 0.5) is 0 Å². The Balaban J connectivity index is 2.21. The first-order valence-corrected chi connectivity index (χ1v) is 5.93. The normalized spacial score (nSPS) is 34.8. The molecule has 1 aliphatic rings. The Hall–Kier alpha value is 0.250. The van der Waals surface area contributed by atoms with Crippen LogP contribution in [0, 0.1) is 5.92 Å². The number of ether oxygens (including phenoxy) is 1. The third kappa shape index (κ3) is 3.86. The number of hydrogen-bond donors (Lipinski definition) is 0. The predicted molar refractivity (Wildman–Crippen MR) is 57.3 cm³/mol. The molecule has 0 aromatic rings. The summed E-state index contributed by atoms with van der Waals surface area (Å²) in [5.74, 6) is 0.701. The van der Waals surface area contributed by atoms with Crippen molar-refractivity contribution in [1.82, 2.24) is 0 Å². The van der Waals surface area contributed by atoms with E-state index in [9.17, 15) is 0 Å². The molecule has 0 radical (unpaired) electrons. The molecule has 0 heterocycles. The largest absolute Gasteiger partial charge is 0.378 e. The molecule has 2 heteroatoms. The third-order valence-corrected chi connectivity index (χ3v) is 3.28. The van der Waals surface area contributed by atoms with E-state index in [4.69, 9.17) is 16.3 Å². The van der Waals surface area contributed by atoms with E-state index in [1.807, 2.05) is 0 Å². The zero-order chi connectivity index (χ0) is 9.68. The molecule has 0 aromatic carbocycles. The Bertz CT molecular complexity index is 138. The molecule has 1 aliphatic carbocycles. The summed E-state index contributed by atoms with van der Waals surface area (Å²) in [4.78, 5) is 0. The minimum Gasteiger partial charge on any atom is -0.378 e. The summed E-state index contributed by atoms with van der Waals surface area (Å²) in [6.45, 7) is 5.38. The van der Waals surface area contributed by atoms with Gasteiger partial charge in [0.2, 0.25) is 0 Å². The van der Waals surface area contributed by atoms with E-state index in [1.54, 1.807) is 0 Å². The van der Waals surface area contributed by atoms with Gasteiger partial charge in [-0.25, -0.2) is 0 Å². The summed E-state index contributed by atoms with van der Waals surface area (Å²) in [6.07, 6.45) is 6.25. The summed E-state index contributed by atoms with van der Waals surface area (Å²) in [5.41, 5.74) is 0. The van der Waals surface area contributed by atoms with Crippen LogP contribution in [0.5, 0.6) is 0 Å². The van der Waals surface area contributed by atoms with Crippen molar-refractivity contribution in [1.29, 1.82) is 0 Å². The van der Waals surface area contributed by atoms with Gasteiger partial charge in [0.05, 0.1) is 6.10 Å². The van der Waals surface area contributed by atoms with Crippen LogP contribution < -0.4 is 0 Å². The highest BCUT2D eigenvalue weighted by molar-refractivity contribution is 6.20. The Morgan fingerprint density at radius 2 is 2.15 bits per heavy atom. The highest BCUT2D eigenvalue weighted by Crippen LogP contribution is 2.29. The molecule has 13 heavy (non-hydrogen) atoms. The van der Waals surface area contributed by atoms with Crippen LogP contribution in [0.2, 0.25) is 0 Å². The van der Waals surface area contributed by atoms with E-state index in [2.05, 4.69) is 13.8 Å². The molecular formula is C11H21ClO. The molecule has 3 unspecified atom stereocenters. The highest BCUT2D eigenvalue weighted by atomic mass is 35.5. The lowest BCUT2D eigenvalue weighted by Crippen LogP contribution is -2.30. The summed E-state index contributed by atoms with van der Waals surface area (Å²) < 4.78 is 5.82. The molecule has 0 bridgehead atoms. The molecule has 1 rings (SSSR count). The van der Waals surface area contributed by atoms with Gasteiger partial charge in [0.15, 0.2) is 0 Å². The Labute approximate surface area is 86.8 Å². The van der Waals surface area contributed by atoms with Gasteiger partial charge in [0.1, 0.15) is 0 Å². The standard InChI is InChI=1S/C11H21ClO/c1-3-4-7-13-11-8-10(12)6-5-9(11)2/h9-11H,3-8H2,1-2H3. The molecule has 1 nitrogen and oxygen atoms in total. The smallest absolute Gasteiger partial charge is 0.0614 e. The topological polar surface area (TPSA) is 9.23 Å². The molecule has 0 aromatic heterocycles. The highest BCUT2D eigenvalue weighted by Gasteiger charge is 2.26. The average molecular weight is 205 g/mol. The third-order valence-electron chi connectivity index (χ3n) is 2.89. The summed E-state index contributed by atoms with van der Waals surface area (Å²) >= 11 is 6.11. The zero-order valence-electron chi connectivity index (χ0n) is 8.76. The minimum absolute atomic E-state index is 0.350. The molecular weight excluding hydrogens is 184 g/mol. The molecule has 1 saturated carbocycles. The van der Waals surface area contributed by atoms with Crippen LogP contribution >= 0.6 is 11.6 Å². The average Bonchev–Trinajstić information content (AvgIpc) is 2.11. The summed E-state index contributed by atoms with van der Waals surface area (Å²) in [6, 6.07) is 0. The van der Waals surface area contributed by atoms with Crippen LogP contribution in [-0.4, -0.2) is 18.1 Å². The van der Waals surface area contributed by atoms with E-state index in [0.29, 0.717) is 17.4 Å². The minimum atomic E-state index is 0.350. The maximum absolute atomic E-state index is 6.11. The Morgan fingerprint density at radius 3 is 2.85 bits per heavy atom. The fraction of sp³-hybridized carbons (Fsp3) is 1.00. The first-order chi connectivity index (χ1) is 6.24. The van der Waals surface area contributed by atoms with Crippen LogP contribution in [-0.2, 0) is 4.74 Å². The maximum Gasteiger partial charge on any atom is 0.0614 e. The van der Waals surface area contributed by atoms with Crippen LogP contribution in [0.1, 0.15) is 46.0 Å². The Kier molecular flexibility index (Phi) is 5.12. The fourth-order valence-electron chi connectivity index (χ4n) is 1.84. The lowest BCUT2D eigenvalue weighted by atomic mass is 9.87. The number of unbranched alkanes of at least 4 members (excludes halogenated alkanes) is 1. The van der Waals surface area contributed by atoms with Gasteiger partial charge < -0.3 is 4.74 Å². The molecule has 0 saturated heterocycles. The second-order valence-corrected chi connectivity index (χ2v) is 4.77. The van der Waals surface area contributed by atoms with E-state index in [0.717, 1.165) is 19.4 Å². The van der Waals surface area contributed by atoms with E-state index in [1.165, 1.54) is 19.3 Å². The van der Waals surface area contributed by atoms with Crippen LogP contribution in [0.25, 0.3) is 0 Å². The fourth-order valence-corrected chi connectivity index (χ4v) is 2.14. The van der Waals surface area contributed by atoms with Crippen LogP contribution in [0.15, 0.2) is 0 Å². The van der Waals surface area contributed by atoms with Crippen molar-refractivity contribution in [3.05, 3.63) is 0 Å². The zero-order valence-corrected chi connectivity index (χ0v) is 9.52. The number of hydrogen-bond acceptors (Lipinski definition) is 1. The molecule has 0 amide bonds. The number of halogens is 1. The Morgan fingerprint density at radius 1 is 1.38 bits per heavy atom. The van der Waals surface area contributed by atoms with Gasteiger partial charge in [-0.15, -0.1) is 11.6 Å². The molecule has 0 N–H and O–H groups in total. The van der Waals surface area contributed by atoms with E-state index >= 15 is 0 Å². The monoisotopic (exact) mass is 204 g/mol. The van der Waals surface area contributed by atoms with Crippen molar-refractivity contribution >= 4 is 11.6 Å². The maximum atomic E-state index is 6.11. The SMILES string of the molecule is CCCCOC1CC(Cl)CCC1C. The van der Waals surface area contributed by atoms with Gasteiger partial charge in [-0.05, 0) is 31.6 Å². The molecule has 0 spiro atoms. The second-order valence-electron chi connectivity index (χ2n) is 4.15. The van der Waals surface area contributed by atoms with Crippen LogP contribution in [0.3, 0.4) is 0 Å². The molecule has 0 aliphatic heterocycles. The van der Waals surface area contributed by atoms with Crippen molar-refractivity contribution in [3.63, 3.8) is 0 Å². The van der Waals surface area contributed by atoms with Gasteiger partial charge in [-0.3, -0.25) is 0 Å². The first-order valence-electron chi connectivity index (χ1n) is 5.49. The van der Waals surface area contributed by atoms with Gasteiger partial charge in [0, 0.05) is 12.0 Å². The molecule has 78 valence electrons. The quantitative estimate of drug-likeness (QED) is 0.502. The van der Waals surface area contributed by atoms with Crippen molar-refractivity contribution in [3.8, 4) is 0 Å². The number of alkyl halides is 1. The van der Waals surface area contributed by atoms with Crippen molar-refractivity contribution in [2.75, 3.05) is 6.61 Å². The van der Waals surface area contributed by atoms with Crippen molar-refractivity contribution in [2.24, 2.45) is 5.92 Å². The predicted octanol–water partition coefficient (Wildman–Crippen LogP) is 3.60. The summed E-state index contributed by atoms with van der Waals surface area (Å²) in [7, 11) is 0.